The van der Waals surface area contributed by atoms with Gasteiger partial charge in [-0.1, -0.05) is 54.4 Å². The summed E-state index contributed by atoms with van der Waals surface area (Å²) in [7, 11) is 0. The van der Waals surface area contributed by atoms with Gasteiger partial charge in [0, 0.05) is 17.5 Å². The monoisotopic (exact) mass is 412 g/mol. The molecule has 0 aromatic heterocycles. The van der Waals surface area contributed by atoms with Gasteiger partial charge in [0.2, 0.25) is 11.8 Å². The van der Waals surface area contributed by atoms with Crippen molar-refractivity contribution in [3.05, 3.63) is 65.2 Å². The molecule has 0 saturated heterocycles. The number of rotatable bonds is 9. The van der Waals surface area contributed by atoms with Gasteiger partial charge in [0.05, 0.1) is 5.75 Å². The van der Waals surface area contributed by atoms with E-state index in [0.717, 1.165) is 22.4 Å². The Hall–Kier alpha value is -2.27. The summed E-state index contributed by atoms with van der Waals surface area (Å²) in [6.07, 6.45) is 0.855. The van der Waals surface area contributed by atoms with Crippen LogP contribution in [0.2, 0.25) is 0 Å². The molecule has 5 heteroatoms. The molecule has 4 nitrogen and oxygen atoms in total. The molecule has 1 N–H and O–H groups in total. The van der Waals surface area contributed by atoms with Crippen LogP contribution in [0.5, 0.6) is 0 Å². The second-order valence-electron chi connectivity index (χ2n) is 7.61. The first kappa shape index (κ1) is 23.0. The molecule has 0 fully saturated rings. The summed E-state index contributed by atoms with van der Waals surface area (Å²) < 4.78 is 0. The largest absolute Gasteiger partial charge is 0.352 e. The van der Waals surface area contributed by atoms with Gasteiger partial charge in [0.25, 0.3) is 0 Å². The molecule has 0 spiro atoms. The lowest BCUT2D eigenvalue weighted by Gasteiger charge is -2.29. The highest BCUT2D eigenvalue weighted by Gasteiger charge is 2.26. The molecule has 0 bridgehead atoms. The van der Waals surface area contributed by atoms with Crippen molar-refractivity contribution in [2.24, 2.45) is 0 Å². The van der Waals surface area contributed by atoms with Crippen molar-refractivity contribution in [1.29, 1.82) is 0 Å². The molecular weight excluding hydrogens is 380 g/mol. The average Bonchev–Trinajstić information content (AvgIpc) is 2.70. The Balaban J connectivity index is 2.14. The van der Waals surface area contributed by atoms with Gasteiger partial charge in [0.15, 0.2) is 0 Å². The Bertz CT molecular complexity index is 820. The average molecular weight is 413 g/mol. The van der Waals surface area contributed by atoms with Crippen molar-refractivity contribution >= 4 is 23.6 Å². The smallest absolute Gasteiger partial charge is 0.242 e. The lowest BCUT2D eigenvalue weighted by atomic mass is 10.1. The summed E-state index contributed by atoms with van der Waals surface area (Å²) in [6, 6.07) is 15.8. The maximum Gasteiger partial charge on any atom is 0.242 e. The van der Waals surface area contributed by atoms with E-state index in [9.17, 15) is 9.59 Å². The highest BCUT2D eigenvalue weighted by Crippen LogP contribution is 2.20. The fourth-order valence-corrected chi connectivity index (χ4v) is 3.70. The molecule has 0 radical (unpaired) electrons. The van der Waals surface area contributed by atoms with Crippen LogP contribution in [0, 0.1) is 13.8 Å². The fraction of sp³-hybridized carbons (Fsp3) is 0.417. The number of amides is 2. The van der Waals surface area contributed by atoms with Crippen LogP contribution in [0.1, 0.15) is 43.9 Å². The van der Waals surface area contributed by atoms with Crippen LogP contribution in [-0.4, -0.2) is 34.6 Å². The molecule has 0 heterocycles. The maximum absolute atomic E-state index is 13.1. The summed E-state index contributed by atoms with van der Waals surface area (Å²) in [6.45, 7) is 10.3. The van der Waals surface area contributed by atoms with Crippen LogP contribution >= 0.6 is 11.8 Å². The maximum atomic E-state index is 13.1. The van der Waals surface area contributed by atoms with Crippen molar-refractivity contribution in [2.75, 3.05) is 5.75 Å². The van der Waals surface area contributed by atoms with E-state index in [-0.39, 0.29) is 17.9 Å². The van der Waals surface area contributed by atoms with Gasteiger partial charge in [-0.15, -0.1) is 11.8 Å². The first-order valence-electron chi connectivity index (χ1n) is 10.1. The van der Waals surface area contributed by atoms with Crippen molar-refractivity contribution in [2.45, 2.75) is 64.6 Å². The van der Waals surface area contributed by atoms with Crippen molar-refractivity contribution < 1.29 is 9.59 Å². The van der Waals surface area contributed by atoms with Gasteiger partial charge < -0.3 is 10.2 Å². The highest BCUT2D eigenvalue weighted by atomic mass is 32.2. The second kappa shape index (κ2) is 11.1. The zero-order valence-electron chi connectivity index (χ0n) is 18.1. The van der Waals surface area contributed by atoms with Crippen LogP contribution in [0.4, 0.5) is 0 Å². The summed E-state index contributed by atoms with van der Waals surface area (Å²) in [4.78, 5) is 28.6. The predicted molar refractivity (Wildman–Crippen MR) is 121 cm³/mol. The first-order valence-corrected chi connectivity index (χ1v) is 11.1. The van der Waals surface area contributed by atoms with E-state index in [1.54, 1.807) is 4.90 Å². The number of hydrogen-bond donors (Lipinski definition) is 1. The molecule has 2 aromatic carbocycles. The van der Waals surface area contributed by atoms with E-state index in [1.165, 1.54) is 17.3 Å². The van der Waals surface area contributed by atoms with Gasteiger partial charge >= 0.3 is 0 Å². The van der Waals surface area contributed by atoms with Crippen LogP contribution in [0.25, 0.3) is 0 Å². The minimum absolute atomic E-state index is 0.0381. The molecule has 0 saturated carbocycles. The molecule has 2 amide bonds. The van der Waals surface area contributed by atoms with Crippen LogP contribution in [0.3, 0.4) is 0 Å². The van der Waals surface area contributed by atoms with E-state index in [0.29, 0.717) is 12.3 Å². The molecule has 29 heavy (non-hydrogen) atoms. The standard InChI is InChI=1S/C24H32N2O2S/c1-6-19(4)25-24(28)20(5)26(15-21-9-7-8-18(3)14-21)23(27)16-29-22-12-10-17(2)11-13-22/h7-14,19-20H,6,15-16H2,1-5H3,(H,25,28)/t19-,20+/m1/s1. The zero-order valence-corrected chi connectivity index (χ0v) is 18.9. The van der Waals surface area contributed by atoms with Gasteiger partial charge in [-0.25, -0.2) is 0 Å². The Labute approximate surface area is 179 Å². The van der Waals surface area contributed by atoms with Crippen LogP contribution in [-0.2, 0) is 16.1 Å². The summed E-state index contributed by atoms with van der Waals surface area (Å²) in [5.41, 5.74) is 3.36. The van der Waals surface area contributed by atoms with E-state index in [1.807, 2.05) is 77.1 Å². The topological polar surface area (TPSA) is 49.4 Å². The van der Waals surface area contributed by atoms with Crippen molar-refractivity contribution in [3.63, 3.8) is 0 Å². The SMILES string of the molecule is CC[C@@H](C)NC(=O)[C@H](C)N(Cc1cccc(C)c1)C(=O)CSc1ccc(C)cc1. The summed E-state index contributed by atoms with van der Waals surface area (Å²) in [5, 5.41) is 3.00. The van der Waals surface area contributed by atoms with Gasteiger partial charge in [0.1, 0.15) is 6.04 Å². The fourth-order valence-electron chi connectivity index (χ4n) is 2.92. The lowest BCUT2D eigenvalue weighted by Crippen LogP contribution is -2.50. The third-order valence-corrected chi connectivity index (χ3v) is 5.98. The Kier molecular flexibility index (Phi) is 8.77. The number of aryl methyl sites for hydroxylation is 2. The second-order valence-corrected chi connectivity index (χ2v) is 8.66. The zero-order chi connectivity index (χ0) is 21.4. The molecule has 0 aliphatic carbocycles. The van der Waals surface area contributed by atoms with Gasteiger partial charge in [-0.2, -0.15) is 0 Å². The first-order chi connectivity index (χ1) is 13.8. The van der Waals surface area contributed by atoms with E-state index < -0.39 is 6.04 Å². The normalized spacial score (nSPS) is 12.9. The van der Waals surface area contributed by atoms with Gasteiger partial charge in [-0.3, -0.25) is 9.59 Å². The Morgan fingerprint density at radius 2 is 1.72 bits per heavy atom. The van der Waals surface area contributed by atoms with E-state index in [4.69, 9.17) is 0 Å². The number of benzene rings is 2. The molecule has 2 aromatic rings. The summed E-state index contributed by atoms with van der Waals surface area (Å²) in [5.74, 6) is 0.153. The molecular formula is C24H32N2O2S. The van der Waals surface area contributed by atoms with Crippen molar-refractivity contribution in [1.82, 2.24) is 10.2 Å². The summed E-state index contributed by atoms with van der Waals surface area (Å²) >= 11 is 1.50. The Morgan fingerprint density at radius 1 is 1.03 bits per heavy atom. The molecule has 2 atom stereocenters. The minimum atomic E-state index is -0.532. The molecule has 0 unspecified atom stereocenters. The number of hydrogen-bond acceptors (Lipinski definition) is 3. The predicted octanol–water partition coefficient (Wildman–Crippen LogP) is 4.73. The quantitative estimate of drug-likeness (QED) is 0.606. The van der Waals surface area contributed by atoms with Crippen LogP contribution < -0.4 is 5.32 Å². The number of nitrogens with zero attached hydrogens (tertiary/aromatic N) is 1. The number of nitrogens with one attached hydrogen (secondary N) is 1. The molecule has 0 aliphatic heterocycles. The van der Waals surface area contributed by atoms with E-state index >= 15 is 0 Å². The van der Waals surface area contributed by atoms with E-state index in [2.05, 4.69) is 11.4 Å². The van der Waals surface area contributed by atoms with Crippen molar-refractivity contribution in [3.8, 4) is 0 Å². The molecule has 2 rings (SSSR count). The number of carbonyl (C=O) groups is 2. The number of thioether (sulfide) groups is 1. The highest BCUT2D eigenvalue weighted by molar-refractivity contribution is 8.00. The Morgan fingerprint density at radius 3 is 2.34 bits per heavy atom. The lowest BCUT2D eigenvalue weighted by molar-refractivity contribution is -0.138. The third kappa shape index (κ3) is 7.24. The van der Waals surface area contributed by atoms with Crippen LogP contribution in [0.15, 0.2) is 53.4 Å². The number of carbonyl (C=O) groups excluding carboxylic acids is 2. The minimum Gasteiger partial charge on any atom is -0.352 e. The molecule has 0 aliphatic rings. The molecule has 156 valence electrons. The van der Waals surface area contributed by atoms with Gasteiger partial charge in [-0.05, 0) is 51.8 Å². The third-order valence-electron chi connectivity index (χ3n) is 4.99.